The molecule has 4 aromatic rings. The molecule has 0 bridgehead atoms. The molecule has 10 heteroatoms. The van der Waals surface area contributed by atoms with Gasteiger partial charge in [0.2, 0.25) is 0 Å². The van der Waals surface area contributed by atoms with E-state index in [1.165, 1.54) is 35.9 Å². The Balaban J connectivity index is 1.67. The van der Waals surface area contributed by atoms with Crippen LogP contribution < -0.4 is 16.0 Å². The second-order valence-electron chi connectivity index (χ2n) is 7.67. The van der Waals surface area contributed by atoms with E-state index in [2.05, 4.69) is 33.9 Å². The number of fused-ring (bicyclic) bond motifs is 1. The van der Waals surface area contributed by atoms with Gasteiger partial charge in [-0.15, -0.1) is 10.2 Å². The van der Waals surface area contributed by atoms with E-state index in [0.717, 1.165) is 24.2 Å². The van der Waals surface area contributed by atoms with Gasteiger partial charge in [0, 0.05) is 19.2 Å². The minimum absolute atomic E-state index is 0.000172. The van der Waals surface area contributed by atoms with Gasteiger partial charge in [-0.1, -0.05) is 13.8 Å². The fourth-order valence-corrected chi connectivity index (χ4v) is 3.58. The van der Waals surface area contributed by atoms with E-state index in [9.17, 15) is 14.0 Å². The van der Waals surface area contributed by atoms with Crippen molar-refractivity contribution >= 4 is 11.2 Å². The summed E-state index contributed by atoms with van der Waals surface area (Å²) in [6.07, 6.45) is 0. The zero-order valence-corrected chi connectivity index (χ0v) is 19.2. The van der Waals surface area contributed by atoms with E-state index in [-0.39, 0.29) is 17.0 Å². The Labute approximate surface area is 195 Å². The van der Waals surface area contributed by atoms with Gasteiger partial charge in [-0.2, -0.15) is 0 Å². The lowest BCUT2D eigenvalue weighted by atomic mass is 10.2. The number of likely N-dealkylation sites (N-methyl/N-ethyl adjacent to an activating group) is 1. The first kappa shape index (κ1) is 23.2. The van der Waals surface area contributed by atoms with Crippen molar-refractivity contribution in [2.45, 2.75) is 13.8 Å². The smallest absolute Gasteiger partial charge is 0.337 e. The van der Waals surface area contributed by atoms with Crippen LogP contribution in [-0.2, 0) is 7.05 Å². The molecule has 0 unspecified atom stereocenters. The van der Waals surface area contributed by atoms with E-state index in [1.54, 1.807) is 12.1 Å². The average Bonchev–Trinajstić information content (AvgIpc) is 2.87. The third kappa shape index (κ3) is 4.58. The van der Waals surface area contributed by atoms with Crippen molar-refractivity contribution in [1.29, 1.82) is 0 Å². The molecule has 176 valence electrons. The van der Waals surface area contributed by atoms with Crippen LogP contribution in [0.2, 0.25) is 0 Å². The van der Waals surface area contributed by atoms with Gasteiger partial charge in [-0.3, -0.25) is 9.36 Å². The van der Waals surface area contributed by atoms with Crippen LogP contribution in [-0.4, -0.2) is 55.5 Å². The maximum atomic E-state index is 13.4. The van der Waals surface area contributed by atoms with Gasteiger partial charge in [0.15, 0.2) is 17.0 Å². The first-order valence-electron chi connectivity index (χ1n) is 11.0. The molecule has 0 atom stereocenters. The Morgan fingerprint density at radius 3 is 2.29 bits per heavy atom. The van der Waals surface area contributed by atoms with Crippen LogP contribution in [0, 0.1) is 5.82 Å². The molecule has 0 aliphatic heterocycles. The topological polar surface area (TPSA) is 95.1 Å². The maximum absolute atomic E-state index is 13.4. The standard InChI is InChI=1S/C24H25FN6O3/c1-4-30(5-2)14-15-34-19-12-6-16(7-13-19)21-26-20-22(28-27-21)31(24(33)29(3)23(20)32)18-10-8-17(25)9-11-18/h6-13H,4-5,14-15H2,1-3H3. The van der Waals surface area contributed by atoms with E-state index in [0.29, 0.717) is 23.6 Å². The lowest BCUT2D eigenvalue weighted by Crippen LogP contribution is -2.38. The molecule has 2 aromatic carbocycles. The van der Waals surface area contributed by atoms with E-state index >= 15 is 0 Å². The van der Waals surface area contributed by atoms with Gasteiger partial charge in [0.1, 0.15) is 18.2 Å². The molecular weight excluding hydrogens is 439 g/mol. The second kappa shape index (κ2) is 9.92. The van der Waals surface area contributed by atoms with Crippen molar-refractivity contribution in [1.82, 2.24) is 29.2 Å². The summed E-state index contributed by atoms with van der Waals surface area (Å²) >= 11 is 0. The molecule has 0 spiro atoms. The molecule has 34 heavy (non-hydrogen) atoms. The predicted molar refractivity (Wildman–Crippen MR) is 127 cm³/mol. The number of aromatic nitrogens is 5. The molecule has 9 nitrogen and oxygen atoms in total. The molecular formula is C24H25FN6O3. The fourth-order valence-electron chi connectivity index (χ4n) is 3.58. The summed E-state index contributed by atoms with van der Waals surface area (Å²) in [5.41, 5.74) is -0.241. The zero-order valence-electron chi connectivity index (χ0n) is 19.2. The molecule has 0 fully saturated rings. The van der Waals surface area contributed by atoms with E-state index in [1.807, 2.05) is 12.1 Å². The third-order valence-electron chi connectivity index (χ3n) is 5.63. The van der Waals surface area contributed by atoms with Gasteiger partial charge in [0.05, 0.1) is 5.69 Å². The summed E-state index contributed by atoms with van der Waals surface area (Å²) in [7, 11) is 1.36. The highest BCUT2D eigenvalue weighted by Gasteiger charge is 2.17. The number of benzene rings is 2. The Kier molecular flexibility index (Phi) is 6.78. The molecule has 0 aliphatic carbocycles. The highest BCUT2D eigenvalue weighted by Crippen LogP contribution is 2.20. The van der Waals surface area contributed by atoms with Crippen LogP contribution in [0.1, 0.15) is 13.8 Å². The van der Waals surface area contributed by atoms with Crippen molar-refractivity contribution in [2.75, 3.05) is 26.2 Å². The summed E-state index contributed by atoms with van der Waals surface area (Å²) in [6.45, 7) is 7.58. The molecule has 2 heterocycles. The Morgan fingerprint density at radius 2 is 1.65 bits per heavy atom. The molecule has 2 aromatic heterocycles. The Hall–Kier alpha value is -3.92. The molecule has 0 saturated carbocycles. The normalized spacial score (nSPS) is 11.3. The number of halogens is 1. The van der Waals surface area contributed by atoms with Crippen LogP contribution >= 0.6 is 0 Å². The first-order valence-corrected chi connectivity index (χ1v) is 11.0. The Morgan fingerprint density at radius 1 is 0.971 bits per heavy atom. The summed E-state index contributed by atoms with van der Waals surface area (Å²) < 4.78 is 21.3. The minimum atomic E-state index is -0.626. The average molecular weight is 465 g/mol. The lowest BCUT2D eigenvalue weighted by molar-refractivity contribution is 0.223. The lowest BCUT2D eigenvalue weighted by Gasteiger charge is -2.18. The molecule has 0 aliphatic rings. The third-order valence-corrected chi connectivity index (χ3v) is 5.63. The number of rotatable bonds is 8. The first-order chi connectivity index (χ1) is 16.4. The van der Waals surface area contributed by atoms with Crippen molar-refractivity contribution in [3.05, 3.63) is 75.2 Å². The van der Waals surface area contributed by atoms with Crippen LogP contribution in [0.4, 0.5) is 4.39 Å². The highest BCUT2D eigenvalue weighted by molar-refractivity contribution is 5.73. The molecule has 0 saturated heterocycles. The van der Waals surface area contributed by atoms with Gasteiger partial charge in [-0.25, -0.2) is 18.7 Å². The van der Waals surface area contributed by atoms with Crippen LogP contribution in [0.5, 0.6) is 5.75 Å². The van der Waals surface area contributed by atoms with Crippen LogP contribution in [0.3, 0.4) is 0 Å². The minimum Gasteiger partial charge on any atom is -0.492 e. The SMILES string of the molecule is CCN(CC)CCOc1ccc(-c2nnc3c(n2)c(=O)n(C)c(=O)n3-c2ccc(F)cc2)cc1. The molecule has 0 amide bonds. The Bertz CT molecular complexity index is 1410. The zero-order chi connectivity index (χ0) is 24.2. The maximum Gasteiger partial charge on any atom is 0.337 e. The quantitative estimate of drug-likeness (QED) is 0.395. The van der Waals surface area contributed by atoms with Gasteiger partial charge in [0.25, 0.3) is 5.56 Å². The van der Waals surface area contributed by atoms with E-state index in [4.69, 9.17) is 4.74 Å². The van der Waals surface area contributed by atoms with Crippen molar-refractivity contribution in [3.8, 4) is 22.8 Å². The van der Waals surface area contributed by atoms with Gasteiger partial charge >= 0.3 is 5.69 Å². The number of ether oxygens (including phenoxy) is 1. The summed E-state index contributed by atoms with van der Waals surface area (Å²) in [4.78, 5) is 32.2. The summed E-state index contributed by atoms with van der Waals surface area (Å²) in [6, 6.07) is 12.5. The van der Waals surface area contributed by atoms with E-state index < -0.39 is 17.1 Å². The number of hydrogen-bond acceptors (Lipinski definition) is 7. The monoisotopic (exact) mass is 464 g/mol. The second-order valence-corrected chi connectivity index (χ2v) is 7.67. The summed E-state index contributed by atoms with van der Waals surface area (Å²) in [5, 5.41) is 8.28. The van der Waals surface area contributed by atoms with Crippen molar-refractivity contribution in [3.63, 3.8) is 0 Å². The fraction of sp³-hybridized carbons (Fsp3) is 0.292. The van der Waals surface area contributed by atoms with Crippen molar-refractivity contribution < 1.29 is 9.13 Å². The van der Waals surface area contributed by atoms with Crippen molar-refractivity contribution in [2.24, 2.45) is 7.05 Å². The highest BCUT2D eigenvalue weighted by atomic mass is 19.1. The molecule has 0 N–H and O–H groups in total. The van der Waals surface area contributed by atoms with Gasteiger partial charge < -0.3 is 9.64 Å². The van der Waals surface area contributed by atoms with Crippen LogP contribution in [0.15, 0.2) is 58.1 Å². The molecule has 0 radical (unpaired) electrons. The van der Waals surface area contributed by atoms with Gasteiger partial charge in [-0.05, 0) is 61.6 Å². The largest absolute Gasteiger partial charge is 0.492 e. The van der Waals surface area contributed by atoms with Crippen LogP contribution in [0.25, 0.3) is 28.2 Å². The molecule has 4 rings (SSSR count). The number of nitrogens with zero attached hydrogens (tertiary/aromatic N) is 6. The number of hydrogen-bond donors (Lipinski definition) is 0. The predicted octanol–water partition coefficient (Wildman–Crippen LogP) is 2.40. The summed E-state index contributed by atoms with van der Waals surface area (Å²) in [5.74, 6) is 0.507.